The van der Waals surface area contributed by atoms with E-state index in [1.54, 1.807) is 12.4 Å². The van der Waals surface area contributed by atoms with E-state index in [9.17, 15) is 0 Å². The van der Waals surface area contributed by atoms with Crippen LogP contribution in [0.25, 0.3) is 11.1 Å². The van der Waals surface area contributed by atoms with Crippen molar-refractivity contribution < 1.29 is 0 Å². The Morgan fingerprint density at radius 2 is 1.74 bits per heavy atom. The molecule has 1 aromatic carbocycles. The quantitative estimate of drug-likeness (QED) is 0.906. The standard InChI is InChI=1S/C15H18ClN3/c1-15(2,3)13(17)14-18-8-11(9-19-14)10-5-4-6-12(16)7-10/h4-9,13H,17H2,1-3H3. The van der Waals surface area contributed by atoms with Gasteiger partial charge in [0.2, 0.25) is 0 Å². The number of nitrogens with two attached hydrogens (primary N) is 1. The molecule has 1 heterocycles. The maximum absolute atomic E-state index is 6.14. The molecule has 0 radical (unpaired) electrons. The molecule has 2 N–H and O–H groups in total. The number of benzene rings is 1. The molecule has 0 spiro atoms. The monoisotopic (exact) mass is 275 g/mol. The fraction of sp³-hybridized carbons (Fsp3) is 0.333. The summed E-state index contributed by atoms with van der Waals surface area (Å²) in [5.74, 6) is 0.665. The Morgan fingerprint density at radius 1 is 1.11 bits per heavy atom. The van der Waals surface area contributed by atoms with E-state index in [2.05, 4.69) is 30.7 Å². The molecule has 100 valence electrons. The topological polar surface area (TPSA) is 51.8 Å². The van der Waals surface area contributed by atoms with Crippen molar-refractivity contribution in [2.24, 2.45) is 11.1 Å². The molecule has 0 aliphatic heterocycles. The summed E-state index contributed by atoms with van der Waals surface area (Å²) in [4.78, 5) is 8.74. The van der Waals surface area contributed by atoms with Crippen LogP contribution in [0.15, 0.2) is 36.7 Å². The Balaban J connectivity index is 2.29. The number of aromatic nitrogens is 2. The molecular formula is C15H18ClN3. The van der Waals surface area contributed by atoms with Crippen LogP contribution in [-0.4, -0.2) is 9.97 Å². The van der Waals surface area contributed by atoms with E-state index < -0.39 is 0 Å². The second-order valence-electron chi connectivity index (χ2n) is 5.68. The number of halogens is 1. The van der Waals surface area contributed by atoms with E-state index in [1.165, 1.54) is 0 Å². The molecule has 2 rings (SSSR count). The van der Waals surface area contributed by atoms with E-state index in [1.807, 2.05) is 24.3 Å². The zero-order valence-electron chi connectivity index (χ0n) is 11.4. The Hall–Kier alpha value is -1.45. The molecule has 0 aliphatic carbocycles. The molecule has 19 heavy (non-hydrogen) atoms. The van der Waals surface area contributed by atoms with Crippen LogP contribution in [0, 0.1) is 5.41 Å². The molecule has 3 nitrogen and oxygen atoms in total. The maximum atomic E-state index is 6.14. The van der Waals surface area contributed by atoms with E-state index in [-0.39, 0.29) is 11.5 Å². The maximum Gasteiger partial charge on any atom is 0.145 e. The van der Waals surface area contributed by atoms with Gasteiger partial charge in [0.25, 0.3) is 0 Å². The van der Waals surface area contributed by atoms with E-state index in [0.29, 0.717) is 10.8 Å². The molecule has 1 unspecified atom stereocenters. The van der Waals surface area contributed by atoms with E-state index >= 15 is 0 Å². The van der Waals surface area contributed by atoms with Crippen LogP contribution >= 0.6 is 11.6 Å². The Bertz CT molecular complexity index is 558. The highest BCUT2D eigenvalue weighted by Gasteiger charge is 2.24. The zero-order chi connectivity index (χ0) is 14.0. The third-order valence-electron chi connectivity index (χ3n) is 3.04. The van der Waals surface area contributed by atoms with Gasteiger partial charge in [0.1, 0.15) is 5.82 Å². The highest BCUT2D eigenvalue weighted by molar-refractivity contribution is 6.30. The summed E-state index contributed by atoms with van der Waals surface area (Å²) in [6.07, 6.45) is 3.58. The smallest absolute Gasteiger partial charge is 0.145 e. The lowest BCUT2D eigenvalue weighted by Gasteiger charge is -2.25. The summed E-state index contributed by atoms with van der Waals surface area (Å²) in [6, 6.07) is 7.45. The Morgan fingerprint density at radius 3 is 2.26 bits per heavy atom. The largest absolute Gasteiger partial charge is 0.321 e. The minimum absolute atomic E-state index is 0.0580. The first kappa shape index (κ1) is 14.0. The van der Waals surface area contributed by atoms with Crippen LogP contribution in [0.5, 0.6) is 0 Å². The predicted octanol–water partition coefficient (Wildman–Crippen LogP) is 3.84. The molecule has 2 aromatic rings. The molecule has 1 aromatic heterocycles. The lowest BCUT2D eigenvalue weighted by Crippen LogP contribution is -2.28. The highest BCUT2D eigenvalue weighted by Crippen LogP contribution is 2.29. The van der Waals surface area contributed by atoms with Crippen LogP contribution < -0.4 is 5.73 Å². The van der Waals surface area contributed by atoms with Gasteiger partial charge in [-0.1, -0.05) is 44.5 Å². The van der Waals surface area contributed by atoms with Gasteiger partial charge in [-0.3, -0.25) is 0 Å². The molecule has 0 saturated carbocycles. The second-order valence-corrected chi connectivity index (χ2v) is 6.12. The molecule has 1 atom stereocenters. The average Bonchev–Trinajstić information content (AvgIpc) is 2.37. The number of nitrogens with zero attached hydrogens (tertiary/aromatic N) is 2. The number of hydrogen-bond acceptors (Lipinski definition) is 3. The minimum atomic E-state index is -0.180. The summed E-state index contributed by atoms with van der Waals surface area (Å²) in [6.45, 7) is 6.23. The SMILES string of the molecule is CC(C)(C)C(N)c1ncc(-c2cccc(Cl)c2)cn1. The average molecular weight is 276 g/mol. The van der Waals surface area contributed by atoms with Crippen molar-refractivity contribution in [2.45, 2.75) is 26.8 Å². The lowest BCUT2D eigenvalue weighted by molar-refractivity contribution is 0.315. The summed E-state index contributed by atoms with van der Waals surface area (Å²) in [5, 5.41) is 0.702. The van der Waals surface area contributed by atoms with Gasteiger partial charge in [0.15, 0.2) is 0 Å². The van der Waals surface area contributed by atoms with Crippen molar-refractivity contribution >= 4 is 11.6 Å². The van der Waals surface area contributed by atoms with E-state index in [0.717, 1.165) is 11.1 Å². The van der Waals surface area contributed by atoms with Crippen molar-refractivity contribution in [1.29, 1.82) is 0 Å². The first-order valence-electron chi connectivity index (χ1n) is 6.21. The molecule has 0 bridgehead atoms. The zero-order valence-corrected chi connectivity index (χ0v) is 12.1. The fourth-order valence-corrected chi connectivity index (χ4v) is 1.89. The highest BCUT2D eigenvalue weighted by atomic mass is 35.5. The molecule has 0 saturated heterocycles. The number of hydrogen-bond donors (Lipinski definition) is 1. The summed E-state index contributed by atoms with van der Waals surface area (Å²) in [7, 11) is 0. The van der Waals surface area contributed by atoms with Gasteiger partial charge in [0, 0.05) is 23.0 Å². The van der Waals surface area contributed by atoms with Gasteiger partial charge in [0.05, 0.1) is 6.04 Å². The third-order valence-corrected chi connectivity index (χ3v) is 3.28. The van der Waals surface area contributed by atoms with Crippen molar-refractivity contribution in [2.75, 3.05) is 0 Å². The second kappa shape index (κ2) is 5.27. The molecule has 0 amide bonds. The van der Waals surface area contributed by atoms with Gasteiger partial charge >= 0.3 is 0 Å². The molecule has 0 fully saturated rings. The molecular weight excluding hydrogens is 258 g/mol. The van der Waals surface area contributed by atoms with Gasteiger partial charge in [-0.15, -0.1) is 0 Å². The van der Waals surface area contributed by atoms with Gasteiger partial charge < -0.3 is 5.73 Å². The predicted molar refractivity (Wildman–Crippen MR) is 78.9 cm³/mol. The van der Waals surface area contributed by atoms with Crippen LogP contribution in [0.4, 0.5) is 0 Å². The van der Waals surface area contributed by atoms with Gasteiger partial charge in [-0.05, 0) is 23.1 Å². The van der Waals surface area contributed by atoms with Crippen molar-refractivity contribution in [1.82, 2.24) is 9.97 Å². The van der Waals surface area contributed by atoms with E-state index in [4.69, 9.17) is 17.3 Å². The first-order valence-corrected chi connectivity index (χ1v) is 6.59. The van der Waals surface area contributed by atoms with Crippen LogP contribution in [0.1, 0.15) is 32.6 Å². The lowest BCUT2D eigenvalue weighted by atomic mass is 9.87. The van der Waals surface area contributed by atoms with Gasteiger partial charge in [-0.2, -0.15) is 0 Å². The summed E-state index contributed by atoms with van der Waals surface area (Å²) >= 11 is 5.98. The normalized spacial score (nSPS) is 13.3. The number of rotatable bonds is 2. The van der Waals surface area contributed by atoms with Gasteiger partial charge in [-0.25, -0.2) is 9.97 Å². The van der Waals surface area contributed by atoms with Crippen LogP contribution in [-0.2, 0) is 0 Å². The van der Waals surface area contributed by atoms with Crippen LogP contribution in [0.3, 0.4) is 0 Å². The summed E-state index contributed by atoms with van der Waals surface area (Å²) in [5.41, 5.74) is 8.02. The van der Waals surface area contributed by atoms with Crippen molar-refractivity contribution in [3.05, 3.63) is 47.5 Å². The van der Waals surface area contributed by atoms with Crippen molar-refractivity contribution in [3.8, 4) is 11.1 Å². The molecule has 4 heteroatoms. The fourth-order valence-electron chi connectivity index (χ4n) is 1.70. The summed E-state index contributed by atoms with van der Waals surface area (Å²) < 4.78 is 0. The molecule has 0 aliphatic rings. The van der Waals surface area contributed by atoms with Crippen molar-refractivity contribution in [3.63, 3.8) is 0 Å². The van der Waals surface area contributed by atoms with Crippen LogP contribution in [0.2, 0.25) is 5.02 Å². The third kappa shape index (κ3) is 3.31. The minimum Gasteiger partial charge on any atom is -0.321 e. The Labute approximate surface area is 118 Å². The Kier molecular flexibility index (Phi) is 3.88. The first-order chi connectivity index (χ1) is 8.88.